The molecular formula is C13H17BrOS. The summed E-state index contributed by atoms with van der Waals surface area (Å²) in [5.41, 5.74) is 0.764. The van der Waals surface area contributed by atoms with Crippen molar-refractivity contribution in [2.45, 2.75) is 32.1 Å². The SMILES string of the molecule is CCC(C)CSc1ccc(C(C)=O)cc1Br. The van der Waals surface area contributed by atoms with Gasteiger partial charge in [0, 0.05) is 20.7 Å². The molecule has 1 aromatic rings. The summed E-state index contributed by atoms with van der Waals surface area (Å²) in [5, 5.41) is 0. The van der Waals surface area contributed by atoms with Crippen LogP contribution >= 0.6 is 27.7 Å². The van der Waals surface area contributed by atoms with Crippen molar-refractivity contribution in [2.24, 2.45) is 5.92 Å². The van der Waals surface area contributed by atoms with Gasteiger partial charge in [-0.1, -0.05) is 26.3 Å². The van der Waals surface area contributed by atoms with Gasteiger partial charge in [0.05, 0.1) is 0 Å². The Hall–Kier alpha value is -0.280. The fourth-order valence-electron chi connectivity index (χ4n) is 1.19. The largest absolute Gasteiger partial charge is 0.295 e. The van der Waals surface area contributed by atoms with E-state index in [4.69, 9.17) is 0 Å². The van der Waals surface area contributed by atoms with E-state index in [-0.39, 0.29) is 5.78 Å². The molecule has 0 aromatic heterocycles. The molecular weight excluding hydrogens is 284 g/mol. The van der Waals surface area contributed by atoms with Gasteiger partial charge in [-0.05, 0) is 40.9 Å². The standard InChI is InChI=1S/C13H17BrOS/c1-4-9(2)8-16-13-6-5-11(10(3)15)7-12(13)14/h5-7,9H,4,8H2,1-3H3. The van der Waals surface area contributed by atoms with E-state index < -0.39 is 0 Å². The summed E-state index contributed by atoms with van der Waals surface area (Å²) in [5.74, 6) is 1.96. The highest BCUT2D eigenvalue weighted by atomic mass is 79.9. The Labute approximate surface area is 110 Å². The Morgan fingerprint density at radius 2 is 2.19 bits per heavy atom. The van der Waals surface area contributed by atoms with Crippen LogP contribution in [0.15, 0.2) is 27.6 Å². The molecule has 0 fully saturated rings. The molecule has 16 heavy (non-hydrogen) atoms. The second-order valence-corrected chi connectivity index (χ2v) is 5.94. The van der Waals surface area contributed by atoms with Gasteiger partial charge >= 0.3 is 0 Å². The lowest BCUT2D eigenvalue weighted by molar-refractivity contribution is 0.101. The average molecular weight is 301 g/mol. The molecule has 1 atom stereocenters. The summed E-state index contributed by atoms with van der Waals surface area (Å²) >= 11 is 5.36. The van der Waals surface area contributed by atoms with Crippen molar-refractivity contribution in [3.05, 3.63) is 28.2 Å². The molecule has 0 amide bonds. The van der Waals surface area contributed by atoms with Gasteiger partial charge < -0.3 is 0 Å². The van der Waals surface area contributed by atoms with Crippen LogP contribution in [-0.4, -0.2) is 11.5 Å². The number of carbonyl (C=O) groups is 1. The molecule has 88 valence electrons. The minimum absolute atomic E-state index is 0.110. The van der Waals surface area contributed by atoms with E-state index in [1.165, 1.54) is 11.3 Å². The van der Waals surface area contributed by atoms with Gasteiger partial charge in [-0.25, -0.2) is 0 Å². The number of benzene rings is 1. The normalized spacial score (nSPS) is 12.5. The number of hydrogen-bond acceptors (Lipinski definition) is 2. The third-order valence-corrected chi connectivity index (χ3v) is 4.88. The number of Topliss-reactive ketones (excluding diaryl/α,β-unsaturated/α-hetero) is 1. The van der Waals surface area contributed by atoms with Gasteiger partial charge in [0.15, 0.2) is 5.78 Å². The van der Waals surface area contributed by atoms with Crippen molar-refractivity contribution in [3.63, 3.8) is 0 Å². The van der Waals surface area contributed by atoms with E-state index in [0.717, 1.165) is 21.7 Å². The first-order valence-electron chi connectivity index (χ1n) is 5.47. The van der Waals surface area contributed by atoms with Gasteiger partial charge in [-0.15, -0.1) is 11.8 Å². The topological polar surface area (TPSA) is 17.1 Å². The molecule has 0 saturated heterocycles. The molecule has 1 aromatic carbocycles. The van der Waals surface area contributed by atoms with E-state index in [0.29, 0.717) is 0 Å². The van der Waals surface area contributed by atoms with Gasteiger partial charge in [0.25, 0.3) is 0 Å². The number of ketones is 1. The minimum Gasteiger partial charge on any atom is -0.295 e. The lowest BCUT2D eigenvalue weighted by atomic mass is 10.1. The number of halogens is 1. The predicted octanol–water partition coefficient (Wildman–Crippen LogP) is 4.79. The molecule has 0 heterocycles. The smallest absolute Gasteiger partial charge is 0.159 e. The molecule has 1 nitrogen and oxygen atoms in total. The van der Waals surface area contributed by atoms with Crippen molar-refractivity contribution >= 4 is 33.5 Å². The summed E-state index contributed by atoms with van der Waals surface area (Å²) in [4.78, 5) is 12.4. The monoisotopic (exact) mass is 300 g/mol. The minimum atomic E-state index is 0.110. The maximum atomic E-state index is 11.2. The third-order valence-electron chi connectivity index (χ3n) is 2.56. The fourth-order valence-corrected chi connectivity index (χ4v) is 2.97. The second-order valence-electron chi connectivity index (χ2n) is 4.03. The maximum Gasteiger partial charge on any atom is 0.159 e. The lowest BCUT2D eigenvalue weighted by Gasteiger charge is -2.09. The first-order chi connectivity index (χ1) is 7.54. The van der Waals surface area contributed by atoms with Crippen LogP contribution in [0.2, 0.25) is 0 Å². The molecule has 0 aliphatic rings. The molecule has 1 unspecified atom stereocenters. The van der Waals surface area contributed by atoms with Gasteiger partial charge in [-0.2, -0.15) is 0 Å². The third kappa shape index (κ3) is 3.95. The Morgan fingerprint density at radius 1 is 1.50 bits per heavy atom. The van der Waals surface area contributed by atoms with Crippen LogP contribution in [0.25, 0.3) is 0 Å². The highest BCUT2D eigenvalue weighted by molar-refractivity contribution is 9.10. The molecule has 0 radical (unpaired) electrons. The molecule has 0 spiro atoms. The summed E-state index contributed by atoms with van der Waals surface area (Å²) in [6.07, 6.45) is 1.20. The van der Waals surface area contributed by atoms with Crippen LogP contribution in [0.3, 0.4) is 0 Å². The zero-order valence-corrected chi connectivity index (χ0v) is 12.3. The van der Waals surface area contributed by atoms with E-state index in [1.54, 1.807) is 6.92 Å². The number of rotatable bonds is 5. The van der Waals surface area contributed by atoms with E-state index in [1.807, 2.05) is 30.0 Å². The van der Waals surface area contributed by atoms with Crippen molar-refractivity contribution in [1.29, 1.82) is 0 Å². The summed E-state index contributed by atoms with van der Waals surface area (Å²) in [7, 11) is 0. The Kier molecular flexibility index (Phi) is 5.56. The van der Waals surface area contributed by atoms with Crippen molar-refractivity contribution in [1.82, 2.24) is 0 Å². The summed E-state index contributed by atoms with van der Waals surface area (Å²) < 4.78 is 1.02. The summed E-state index contributed by atoms with van der Waals surface area (Å²) in [6, 6.07) is 5.82. The van der Waals surface area contributed by atoms with E-state index >= 15 is 0 Å². The lowest BCUT2D eigenvalue weighted by Crippen LogP contribution is -1.96. The number of hydrogen-bond donors (Lipinski definition) is 0. The van der Waals surface area contributed by atoms with Crippen molar-refractivity contribution in [3.8, 4) is 0 Å². The molecule has 0 aliphatic carbocycles. The van der Waals surface area contributed by atoms with Crippen LogP contribution in [0.5, 0.6) is 0 Å². The fraction of sp³-hybridized carbons (Fsp3) is 0.462. The Balaban J connectivity index is 2.72. The second kappa shape index (κ2) is 6.45. The predicted molar refractivity (Wildman–Crippen MR) is 74.3 cm³/mol. The van der Waals surface area contributed by atoms with Crippen LogP contribution in [0.1, 0.15) is 37.6 Å². The zero-order valence-electron chi connectivity index (χ0n) is 9.92. The van der Waals surface area contributed by atoms with E-state index in [9.17, 15) is 4.79 Å². The molecule has 0 saturated carbocycles. The Morgan fingerprint density at radius 3 is 2.69 bits per heavy atom. The quantitative estimate of drug-likeness (QED) is 0.574. The van der Waals surface area contributed by atoms with Crippen LogP contribution in [0.4, 0.5) is 0 Å². The molecule has 3 heteroatoms. The number of thioether (sulfide) groups is 1. The van der Waals surface area contributed by atoms with Crippen LogP contribution in [-0.2, 0) is 0 Å². The van der Waals surface area contributed by atoms with Crippen molar-refractivity contribution in [2.75, 3.05) is 5.75 Å². The van der Waals surface area contributed by atoms with E-state index in [2.05, 4.69) is 29.8 Å². The molecule has 1 rings (SSSR count). The van der Waals surface area contributed by atoms with Gasteiger partial charge in [-0.3, -0.25) is 4.79 Å². The van der Waals surface area contributed by atoms with Gasteiger partial charge in [0.2, 0.25) is 0 Å². The first kappa shape index (κ1) is 13.8. The van der Waals surface area contributed by atoms with Crippen LogP contribution < -0.4 is 0 Å². The zero-order chi connectivity index (χ0) is 12.1. The molecule has 0 bridgehead atoms. The van der Waals surface area contributed by atoms with Gasteiger partial charge in [0.1, 0.15) is 0 Å². The van der Waals surface area contributed by atoms with Crippen LogP contribution in [0, 0.1) is 5.92 Å². The average Bonchev–Trinajstić information content (AvgIpc) is 2.26. The molecule has 0 aliphatic heterocycles. The highest BCUT2D eigenvalue weighted by Gasteiger charge is 2.06. The number of carbonyl (C=O) groups excluding carboxylic acids is 1. The highest BCUT2D eigenvalue weighted by Crippen LogP contribution is 2.30. The first-order valence-corrected chi connectivity index (χ1v) is 7.25. The van der Waals surface area contributed by atoms with Crippen molar-refractivity contribution < 1.29 is 4.79 Å². The maximum absolute atomic E-state index is 11.2. The molecule has 0 N–H and O–H groups in total. The Bertz CT molecular complexity index is 376. The summed E-state index contributed by atoms with van der Waals surface area (Å²) in [6.45, 7) is 6.05.